The van der Waals surface area contributed by atoms with Crippen molar-refractivity contribution < 1.29 is 18.9 Å². The number of methoxy groups -OCH3 is 3. The maximum atomic E-state index is 5.69. The SMILES string of the molecule is [B][C@@H]1OC(COC)[C@@H](OC)[C@H]1OC. The minimum absolute atomic E-state index is 0.144. The second-order valence-electron chi connectivity index (χ2n) is 3.00. The zero-order valence-corrected chi connectivity index (χ0v) is 8.23. The van der Waals surface area contributed by atoms with Gasteiger partial charge in [-0.1, -0.05) is 0 Å². The maximum Gasteiger partial charge on any atom is 0.113 e. The first-order valence-electron chi connectivity index (χ1n) is 4.20. The van der Waals surface area contributed by atoms with E-state index in [1.54, 1.807) is 21.3 Å². The molecule has 0 spiro atoms. The Kier molecular flexibility index (Phi) is 4.19. The van der Waals surface area contributed by atoms with Gasteiger partial charge in [0.1, 0.15) is 26.2 Å². The van der Waals surface area contributed by atoms with Gasteiger partial charge in [-0.05, 0) is 0 Å². The van der Waals surface area contributed by atoms with Gasteiger partial charge in [0, 0.05) is 27.3 Å². The summed E-state index contributed by atoms with van der Waals surface area (Å²) in [4.78, 5) is 0. The Morgan fingerprint density at radius 2 is 1.77 bits per heavy atom. The highest BCUT2D eigenvalue weighted by Gasteiger charge is 2.42. The molecule has 0 aromatic heterocycles. The lowest BCUT2D eigenvalue weighted by atomic mass is 9.93. The average Bonchev–Trinajstić information content (AvgIpc) is 2.41. The Morgan fingerprint density at radius 1 is 1.15 bits per heavy atom. The molecular formula is C8H15BO4. The van der Waals surface area contributed by atoms with Crippen LogP contribution in [0.25, 0.3) is 0 Å². The molecule has 0 saturated carbocycles. The van der Waals surface area contributed by atoms with Crippen LogP contribution in [-0.2, 0) is 18.9 Å². The van der Waals surface area contributed by atoms with E-state index in [0.29, 0.717) is 6.61 Å². The van der Waals surface area contributed by atoms with E-state index in [1.165, 1.54) is 0 Å². The van der Waals surface area contributed by atoms with Crippen molar-refractivity contribution in [1.82, 2.24) is 0 Å². The van der Waals surface area contributed by atoms with Gasteiger partial charge in [-0.25, -0.2) is 0 Å². The van der Waals surface area contributed by atoms with Crippen LogP contribution < -0.4 is 0 Å². The molecule has 0 aliphatic carbocycles. The second-order valence-corrected chi connectivity index (χ2v) is 3.00. The van der Waals surface area contributed by atoms with Crippen LogP contribution >= 0.6 is 0 Å². The van der Waals surface area contributed by atoms with Crippen molar-refractivity contribution in [3.63, 3.8) is 0 Å². The topological polar surface area (TPSA) is 36.9 Å². The van der Waals surface area contributed by atoms with Gasteiger partial charge in [0.05, 0.1) is 6.61 Å². The summed E-state index contributed by atoms with van der Waals surface area (Å²) in [5, 5.41) is 0. The van der Waals surface area contributed by atoms with Gasteiger partial charge >= 0.3 is 0 Å². The van der Waals surface area contributed by atoms with Gasteiger partial charge in [-0.2, -0.15) is 0 Å². The summed E-state index contributed by atoms with van der Waals surface area (Å²) in [6.07, 6.45) is -0.514. The normalized spacial score (nSPS) is 39.6. The third-order valence-corrected chi connectivity index (χ3v) is 2.22. The molecule has 1 rings (SSSR count). The van der Waals surface area contributed by atoms with E-state index in [4.69, 9.17) is 26.8 Å². The second kappa shape index (κ2) is 4.95. The van der Waals surface area contributed by atoms with Crippen molar-refractivity contribution in [1.29, 1.82) is 0 Å². The molecule has 0 aromatic rings. The average molecular weight is 186 g/mol. The molecule has 2 radical (unpaired) electrons. The van der Waals surface area contributed by atoms with Crippen molar-refractivity contribution in [3.8, 4) is 0 Å². The largest absolute Gasteiger partial charge is 0.382 e. The Labute approximate surface area is 79.9 Å². The van der Waals surface area contributed by atoms with Gasteiger partial charge in [0.15, 0.2) is 0 Å². The molecule has 1 aliphatic heterocycles. The van der Waals surface area contributed by atoms with Gasteiger partial charge in [0.25, 0.3) is 0 Å². The number of hydrogen-bond acceptors (Lipinski definition) is 4. The third-order valence-electron chi connectivity index (χ3n) is 2.22. The Balaban J connectivity index is 2.57. The molecule has 0 amide bonds. The molecule has 5 heteroatoms. The summed E-state index contributed by atoms with van der Waals surface area (Å²) in [5.74, 6) is 0. The van der Waals surface area contributed by atoms with E-state index in [1.807, 2.05) is 0 Å². The lowest BCUT2D eigenvalue weighted by molar-refractivity contribution is -0.0463. The highest BCUT2D eigenvalue weighted by Crippen LogP contribution is 2.24. The van der Waals surface area contributed by atoms with E-state index in [0.717, 1.165) is 0 Å². The Morgan fingerprint density at radius 3 is 2.23 bits per heavy atom. The molecule has 1 fully saturated rings. The quantitative estimate of drug-likeness (QED) is 0.557. The van der Waals surface area contributed by atoms with Gasteiger partial charge in [-0.15, -0.1) is 0 Å². The summed E-state index contributed by atoms with van der Waals surface area (Å²) in [7, 11) is 10.5. The minimum Gasteiger partial charge on any atom is -0.382 e. The fourth-order valence-corrected chi connectivity index (χ4v) is 1.61. The molecule has 4 nitrogen and oxygen atoms in total. The Bertz CT molecular complexity index is 155. The van der Waals surface area contributed by atoms with E-state index in [2.05, 4.69) is 0 Å². The minimum atomic E-state index is -0.435. The van der Waals surface area contributed by atoms with E-state index >= 15 is 0 Å². The zero-order valence-electron chi connectivity index (χ0n) is 8.23. The first-order valence-corrected chi connectivity index (χ1v) is 4.20. The third kappa shape index (κ3) is 2.23. The van der Waals surface area contributed by atoms with Crippen molar-refractivity contribution in [2.75, 3.05) is 27.9 Å². The van der Waals surface area contributed by atoms with Crippen LogP contribution in [0.5, 0.6) is 0 Å². The number of hydrogen-bond donors (Lipinski definition) is 0. The molecule has 0 bridgehead atoms. The lowest BCUT2D eigenvalue weighted by Crippen LogP contribution is -2.37. The molecule has 1 aliphatic rings. The van der Waals surface area contributed by atoms with Crippen LogP contribution in [0.15, 0.2) is 0 Å². The summed E-state index contributed by atoms with van der Waals surface area (Å²) in [6.45, 7) is 0.464. The fraction of sp³-hybridized carbons (Fsp3) is 1.00. The summed E-state index contributed by atoms with van der Waals surface area (Å²) >= 11 is 0. The maximum absolute atomic E-state index is 5.69. The molecule has 74 valence electrons. The molecule has 1 unspecified atom stereocenters. The fourth-order valence-electron chi connectivity index (χ4n) is 1.61. The van der Waals surface area contributed by atoms with E-state index < -0.39 is 6.00 Å². The van der Waals surface area contributed by atoms with Gasteiger partial charge < -0.3 is 18.9 Å². The highest BCUT2D eigenvalue weighted by atomic mass is 16.6. The molecule has 4 atom stereocenters. The standard InChI is InChI=1S/C8H15BO4/c1-10-4-5-6(11-2)7(12-3)8(9)13-5/h5-8H,4H2,1-3H3/t5?,6-,7-,8-/m1/s1. The zero-order chi connectivity index (χ0) is 9.84. The molecule has 1 heterocycles. The summed E-state index contributed by atoms with van der Waals surface area (Å²) in [5.41, 5.74) is 0. The van der Waals surface area contributed by atoms with Crippen LogP contribution in [0.3, 0.4) is 0 Å². The van der Waals surface area contributed by atoms with E-state index in [9.17, 15) is 0 Å². The van der Waals surface area contributed by atoms with Crippen LogP contribution in [0.2, 0.25) is 0 Å². The predicted molar refractivity (Wildman–Crippen MR) is 47.9 cm³/mol. The first-order chi connectivity index (χ1) is 6.24. The molecule has 13 heavy (non-hydrogen) atoms. The van der Waals surface area contributed by atoms with Crippen LogP contribution in [0.4, 0.5) is 0 Å². The van der Waals surface area contributed by atoms with Gasteiger partial charge in [-0.3, -0.25) is 0 Å². The molecule has 0 aromatic carbocycles. The molecule has 1 saturated heterocycles. The predicted octanol–water partition coefficient (Wildman–Crippen LogP) is -0.444. The highest BCUT2D eigenvalue weighted by molar-refractivity contribution is 6.11. The lowest BCUT2D eigenvalue weighted by Gasteiger charge is -2.20. The van der Waals surface area contributed by atoms with Crippen LogP contribution in [-0.4, -0.2) is 60.1 Å². The van der Waals surface area contributed by atoms with Crippen molar-refractivity contribution in [2.24, 2.45) is 0 Å². The van der Waals surface area contributed by atoms with Crippen molar-refractivity contribution >= 4 is 7.85 Å². The van der Waals surface area contributed by atoms with Crippen molar-refractivity contribution in [3.05, 3.63) is 0 Å². The number of rotatable bonds is 4. The van der Waals surface area contributed by atoms with Gasteiger partial charge in [0.2, 0.25) is 0 Å². The van der Waals surface area contributed by atoms with Crippen LogP contribution in [0.1, 0.15) is 0 Å². The van der Waals surface area contributed by atoms with E-state index in [-0.39, 0.29) is 18.3 Å². The first kappa shape index (κ1) is 11.0. The summed E-state index contributed by atoms with van der Waals surface area (Å²) < 4.78 is 20.8. The number of ether oxygens (including phenoxy) is 4. The Hall–Kier alpha value is -0.0951. The van der Waals surface area contributed by atoms with Crippen LogP contribution in [0, 0.1) is 0 Å². The smallest absolute Gasteiger partial charge is 0.113 e. The summed E-state index contributed by atoms with van der Waals surface area (Å²) in [6, 6.07) is -0.435. The molecule has 0 N–H and O–H groups in total. The molecular weight excluding hydrogens is 171 g/mol. The monoisotopic (exact) mass is 186 g/mol. The van der Waals surface area contributed by atoms with Crippen molar-refractivity contribution in [2.45, 2.75) is 24.3 Å².